The lowest BCUT2D eigenvalue weighted by atomic mass is 10.2. The molecule has 0 saturated carbocycles. The van der Waals surface area contributed by atoms with E-state index in [0.29, 0.717) is 17.8 Å². The van der Waals surface area contributed by atoms with Crippen LogP contribution in [0.25, 0.3) is 6.08 Å². The zero-order valence-electron chi connectivity index (χ0n) is 14.2. The predicted octanol–water partition coefficient (Wildman–Crippen LogP) is 1.94. The molecule has 0 fully saturated rings. The van der Waals surface area contributed by atoms with E-state index in [4.69, 9.17) is 0 Å². The molecule has 0 radical (unpaired) electrons. The van der Waals surface area contributed by atoms with Gasteiger partial charge in [-0.1, -0.05) is 6.07 Å². The Morgan fingerprint density at radius 2 is 2.23 bits per heavy atom. The van der Waals surface area contributed by atoms with Crippen molar-refractivity contribution in [1.82, 2.24) is 25.2 Å². The van der Waals surface area contributed by atoms with Gasteiger partial charge in [0.05, 0.1) is 11.2 Å². The number of nitrogens with zero attached hydrogens (tertiary/aromatic N) is 2. The second kappa shape index (κ2) is 8.30. The van der Waals surface area contributed by atoms with Gasteiger partial charge in [-0.25, -0.2) is 4.98 Å². The molecule has 0 unspecified atom stereocenters. The first-order chi connectivity index (χ1) is 12.6. The highest BCUT2D eigenvalue weighted by Crippen LogP contribution is 2.11. The number of amides is 2. The lowest BCUT2D eigenvalue weighted by molar-refractivity contribution is -0.117. The molecule has 0 aromatic carbocycles. The molecule has 7 nitrogen and oxygen atoms in total. The summed E-state index contributed by atoms with van der Waals surface area (Å²) >= 11 is 1.32. The Bertz CT molecular complexity index is 894. The van der Waals surface area contributed by atoms with E-state index in [9.17, 15) is 9.59 Å². The van der Waals surface area contributed by atoms with Crippen molar-refractivity contribution in [3.63, 3.8) is 0 Å². The van der Waals surface area contributed by atoms with E-state index in [-0.39, 0.29) is 17.5 Å². The number of nitrogens with one attached hydrogen (secondary N) is 3. The van der Waals surface area contributed by atoms with Crippen molar-refractivity contribution in [2.45, 2.75) is 6.42 Å². The average Bonchev–Trinajstić information content (AvgIpc) is 3.37. The van der Waals surface area contributed by atoms with Gasteiger partial charge in [-0.05, 0) is 29.7 Å². The van der Waals surface area contributed by atoms with Crippen LogP contribution in [0.2, 0.25) is 0 Å². The Hall–Kier alpha value is -3.13. The number of aromatic amines is 1. The fourth-order valence-electron chi connectivity index (χ4n) is 2.35. The van der Waals surface area contributed by atoms with Gasteiger partial charge in [-0.2, -0.15) is 0 Å². The highest BCUT2D eigenvalue weighted by atomic mass is 32.1. The maximum Gasteiger partial charge on any atom is 0.267 e. The molecular weight excluding hydrogens is 350 g/mol. The maximum absolute atomic E-state index is 12.6. The van der Waals surface area contributed by atoms with Crippen LogP contribution < -0.4 is 10.6 Å². The summed E-state index contributed by atoms with van der Waals surface area (Å²) in [5, 5.41) is 7.36. The Morgan fingerprint density at radius 3 is 2.88 bits per heavy atom. The fraction of sp³-hybridized carbons (Fsp3) is 0.167. The highest BCUT2D eigenvalue weighted by Gasteiger charge is 2.15. The van der Waals surface area contributed by atoms with E-state index in [1.54, 1.807) is 30.7 Å². The fourth-order valence-corrected chi connectivity index (χ4v) is 2.97. The molecule has 0 saturated heterocycles. The number of H-pyrrole nitrogens is 1. The van der Waals surface area contributed by atoms with Gasteiger partial charge in [-0.3, -0.25) is 9.59 Å². The molecule has 3 N–H and O–H groups in total. The molecule has 2 amide bonds. The predicted molar refractivity (Wildman–Crippen MR) is 100 cm³/mol. The van der Waals surface area contributed by atoms with Crippen molar-refractivity contribution >= 4 is 29.2 Å². The SMILES string of the molecule is Cn1cccc1C=C(NC(=O)c1cccs1)C(=O)NCCc1cnc[nH]1. The summed E-state index contributed by atoms with van der Waals surface area (Å²) in [5.41, 5.74) is 1.95. The van der Waals surface area contributed by atoms with E-state index >= 15 is 0 Å². The topological polar surface area (TPSA) is 91.8 Å². The number of carbonyl (C=O) groups excluding carboxylic acids is 2. The Morgan fingerprint density at radius 1 is 1.35 bits per heavy atom. The monoisotopic (exact) mass is 369 g/mol. The quantitative estimate of drug-likeness (QED) is 0.556. The zero-order valence-corrected chi connectivity index (χ0v) is 15.0. The van der Waals surface area contributed by atoms with Crippen LogP contribution in [0.5, 0.6) is 0 Å². The first-order valence-electron chi connectivity index (χ1n) is 8.07. The summed E-state index contributed by atoms with van der Waals surface area (Å²) in [5.74, 6) is -0.639. The first-order valence-corrected chi connectivity index (χ1v) is 8.95. The number of imidazole rings is 1. The van der Waals surface area contributed by atoms with Gasteiger partial charge in [0.25, 0.3) is 11.8 Å². The Labute approximate surface area is 154 Å². The van der Waals surface area contributed by atoms with Gasteiger partial charge in [0.2, 0.25) is 0 Å². The van der Waals surface area contributed by atoms with Crippen molar-refractivity contribution in [3.8, 4) is 0 Å². The molecule has 0 spiro atoms. The van der Waals surface area contributed by atoms with Gasteiger partial charge >= 0.3 is 0 Å². The normalized spacial score (nSPS) is 11.3. The van der Waals surface area contributed by atoms with Crippen LogP contribution in [0.4, 0.5) is 0 Å². The molecule has 0 bridgehead atoms. The molecule has 3 rings (SSSR count). The first kappa shape index (κ1) is 17.7. The smallest absolute Gasteiger partial charge is 0.267 e. The summed E-state index contributed by atoms with van der Waals surface area (Å²) in [6, 6.07) is 7.26. The van der Waals surface area contributed by atoms with Gasteiger partial charge in [-0.15, -0.1) is 11.3 Å². The molecule has 3 aromatic rings. The summed E-state index contributed by atoms with van der Waals surface area (Å²) in [7, 11) is 1.88. The van der Waals surface area contributed by atoms with Crippen LogP contribution >= 0.6 is 11.3 Å². The van der Waals surface area contributed by atoms with Crippen molar-refractivity contribution in [2.75, 3.05) is 6.54 Å². The maximum atomic E-state index is 12.6. The van der Waals surface area contributed by atoms with Crippen molar-refractivity contribution in [1.29, 1.82) is 0 Å². The van der Waals surface area contributed by atoms with E-state index in [1.807, 2.05) is 35.3 Å². The van der Waals surface area contributed by atoms with Crippen LogP contribution in [-0.2, 0) is 18.3 Å². The molecule has 0 aliphatic heterocycles. The van der Waals surface area contributed by atoms with Crippen molar-refractivity contribution in [2.24, 2.45) is 7.05 Å². The molecule has 134 valence electrons. The largest absolute Gasteiger partial charge is 0.351 e. The number of thiophene rings is 1. The third-order valence-electron chi connectivity index (χ3n) is 3.75. The van der Waals surface area contributed by atoms with Gasteiger partial charge in [0.15, 0.2) is 0 Å². The second-order valence-electron chi connectivity index (χ2n) is 5.62. The minimum absolute atomic E-state index is 0.204. The van der Waals surface area contributed by atoms with Crippen molar-refractivity contribution in [3.05, 3.63) is 70.3 Å². The molecule has 8 heteroatoms. The Kier molecular flexibility index (Phi) is 5.65. The lowest BCUT2D eigenvalue weighted by Gasteiger charge is -2.10. The number of aromatic nitrogens is 3. The molecule has 3 heterocycles. The summed E-state index contributed by atoms with van der Waals surface area (Å²) in [6.45, 7) is 0.431. The number of hydrogen-bond donors (Lipinski definition) is 3. The van der Waals surface area contributed by atoms with Crippen molar-refractivity contribution < 1.29 is 9.59 Å². The van der Waals surface area contributed by atoms with Gasteiger partial charge in [0, 0.05) is 43.8 Å². The lowest BCUT2D eigenvalue weighted by Crippen LogP contribution is -2.35. The summed E-state index contributed by atoms with van der Waals surface area (Å²) < 4.78 is 1.87. The number of hydrogen-bond acceptors (Lipinski definition) is 4. The third-order valence-corrected chi connectivity index (χ3v) is 4.62. The van der Waals surface area contributed by atoms with Crippen LogP contribution in [0.1, 0.15) is 21.1 Å². The standard InChI is InChI=1S/C18H19N5O2S/c1-23-8-2-4-14(23)10-15(22-18(25)16-5-3-9-26-16)17(24)20-7-6-13-11-19-12-21-13/h2-5,8-12H,6-7H2,1H3,(H,19,21)(H,20,24)(H,22,25). The van der Waals surface area contributed by atoms with E-state index < -0.39 is 0 Å². The van der Waals surface area contributed by atoms with Gasteiger partial charge < -0.3 is 20.2 Å². The average molecular weight is 369 g/mol. The van der Waals surface area contributed by atoms with E-state index in [1.165, 1.54) is 11.3 Å². The van der Waals surface area contributed by atoms with Gasteiger partial charge in [0.1, 0.15) is 5.70 Å². The van der Waals surface area contributed by atoms with E-state index in [0.717, 1.165) is 11.4 Å². The number of aryl methyl sites for hydroxylation is 1. The minimum Gasteiger partial charge on any atom is -0.351 e. The van der Waals surface area contributed by atoms with Crippen LogP contribution in [0.3, 0.4) is 0 Å². The second-order valence-corrected chi connectivity index (χ2v) is 6.56. The molecule has 0 aliphatic rings. The summed E-state index contributed by atoms with van der Waals surface area (Å²) in [6.07, 6.45) is 7.48. The number of carbonyl (C=O) groups is 2. The molecular formula is C18H19N5O2S. The zero-order chi connectivity index (χ0) is 18.4. The summed E-state index contributed by atoms with van der Waals surface area (Å²) in [4.78, 5) is 32.4. The molecule has 3 aromatic heterocycles. The molecule has 0 aliphatic carbocycles. The minimum atomic E-state index is -0.337. The number of rotatable bonds is 7. The van der Waals surface area contributed by atoms with Crippen LogP contribution in [0, 0.1) is 0 Å². The highest BCUT2D eigenvalue weighted by molar-refractivity contribution is 7.12. The molecule has 0 atom stereocenters. The van der Waals surface area contributed by atoms with Crippen LogP contribution in [0.15, 0.2) is 54.1 Å². The van der Waals surface area contributed by atoms with Crippen LogP contribution in [-0.4, -0.2) is 32.9 Å². The Balaban J connectivity index is 1.71. The van der Waals surface area contributed by atoms with E-state index in [2.05, 4.69) is 20.6 Å². The molecule has 26 heavy (non-hydrogen) atoms. The third kappa shape index (κ3) is 4.48.